The fourth-order valence-corrected chi connectivity index (χ4v) is 4.48. The van der Waals surface area contributed by atoms with Crippen LogP contribution in [-0.4, -0.2) is 21.1 Å². The second-order valence-electron chi connectivity index (χ2n) is 6.28. The Morgan fingerprint density at radius 2 is 1.72 bits per heavy atom. The Labute approximate surface area is 174 Å². The summed E-state index contributed by atoms with van der Waals surface area (Å²) in [5, 5.41) is 15.3. The smallest absolute Gasteiger partial charge is 0.258 e. The summed E-state index contributed by atoms with van der Waals surface area (Å²) in [6, 6.07) is 23.3. The van der Waals surface area contributed by atoms with Crippen LogP contribution in [0.25, 0.3) is 32.0 Å². The van der Waals surface area contributed by atoms with Gasteiger partial charge in [0.15, 0.2) is 0 Å². The van der Waals surface area contributed by atoms with Crippen molar-refractivity contribution in [2.45, 2.75) is 0 Å². The Bertz CT molecular complexity index is 1300. The molecule has 5 nitrogen and oxygen atoms in total. The molecule has 1 N–H and O–H groups in total. The van der Waals surface area contributed by atoms with Gasteiger partial charge in [0.05, 0.1) is 21.7 Å². The van der Waals surface area contributed by atoms with Gasteiger partial charge in [0, 0.05) is 10.9 Å². The summed E-state index contributed by atoms with van der Waals surface area (Å²) in [6.07, 6.45) is 0. The van der Waals surface area contributed by atoms with Crippen LogP contribution in [0.2, 0.25) is 0 Å². The van der Waals surface area contributed by atoms with Crippen molar-refractivity contribution in [2.24, 2.45) is 0 Å². The molecule has 0 aliphatic heterocycles. The van der Waals surface area contributed by atoms with Crippen LogP contribution in [-0.2, 0) is 0 Å². The molecule has 1 amide bonds. The van der Waals surface area contributed by atoms with Gasteiger partial charge in [-0.3, -0.25) is 10.1 Å². The molecule has 3 aromatic heterocycles. The van der Waals surface area contributed by atoms with Crippen molar-refractivity contribution in [1.29, 1.82) is 0 Å². The molecule has 0 bridgehead atoms. The maximum atomic E-state index is 13.1. The minimum atomic E-state index is -0.225. The molecule has 0 radical (unpaired) electrons. The summed E-state index contributed by atoms with van der Waals surface area (Å²) in [5.74, 6) is -0.225. The number of pyridine rings is 1. The number of aromatic nitrogens is 3. The van der Waals surface area contributed by atoms with Crippen molar-refractivity contribution in [3.05, 3.63) is 83.7 Å². The molecule has 7 heteroatoms. The normalized spacial score (nSPS) is 10.9. The lowest BCUT2D eigenvalue weighted by atomic mass is 10.1. The molecule has 0 atom stereocenters. The van der Waals surface area contributed by atoms with Crippen LogP contribution in [0.5, 0.6) is 0 Å². The summed E-state index contributed by atoms with van der Waals surface area (Å²) in [5.41, 5.74) is 3.10. The van der Waals surface area contributed by atoms with E-state index in [0.717, 1.165) is 32.0 Å². The number of carbonyl (C=O) groups is 1. The molecule has 5 aromatic rings. The Balaban J connectivity index is 1.50. The van der Waals surface area contributed by atoms with E-state index >= 15 is 0 Å². The summed E-state index contributed by atoms with van der Waals surface area (Å²) in [4.78, 5) is 18.8. The molecule has 0 saturated carbocycles. The highest BCUT2D eigenvalue weighted by Crippen LogP contribution is 2.30. The number of para-hydroxylation sites is 1. The van der Waals surface area contributed by atoms with Gasteiger partial charge in [0.1, 0.15) is 5.01 Å². The molecular formula is C22H14N4OS2. The average Bonchev–Trinajstić information content (AvgIpc) is 3.46. The van der Waals surface area contributed by atoms with E-state index in [1.165, 1.54) is 11.3 Å². The van der Waals surface area contributed by atoms with Crippen molar-refractivity contribution in [3.8, 4) is 21.1 Å². The predicted octanol–water partition coefficient (Wildman–Crippen LogP) is 5.73. The fraction of sp³-hybridized carbons (Fsp3) is 0. The molecule has 5 rings (SSSR count). The van der Waals surface area contributed by atoms with E-state index in [4.69, 9.17) is 4.98 Å². The van der Waals surface area contributed by atoms with Crippen molar-refractivity contribution in [3.63, 3.8) is 0 Å². The van der Waals surface area contributed by atoms with Crippen LogP contribution in [0.3, 0.4) is 0 Å². The lowest BCUT2D eigenvalue weighted by Crippen LogP contribution is -2.13. The van der Waals surface area contributed by atoms with Gasteiger partial charge in [-0.1, -0.05) is 65.9 Å². The lowest BCUT2D eigenvalue weighted by Gasteiger charge is -2.08. The molecule has 29 heavy (non-hydrogen) atoms. The van der Waals surface area contributed by atoms with Crippen molar-refractivity contribution in [2.75, 3.05) is 5.32 Å². The standard InChI is InChI=1S/C22H14N4OS2/c27-20(24-22-26-25-21(29-22)14-7-2-1-3-8-14)16-13-18(19-11-6-12-28-19)23-17-10-5-4-9-15(16)17/h1-13H,(H,24,26,27). The highest BCUT2D eigenvalue weighted by Gasteiger charge is 2.16. The molecule has 0 fully saturated rings. The van der Waals surface area contributed by atoms with E-state index in [-0.39, 0.29) is 5.91 Å². The van der Waals surface area contributed by atoms with Gasteiger partial charge in [0.25, 0.3) is 5.91 Å². The maximum absolute atomic E-state index is 13.1. The third kappa shape index (κ3) is 3.53. The van der Waals surface area contributed by atoms with E-state index in [9.17, 15) is 4.79 Å². The number of benzene rings is 2. The highest BCUT2D eigenvalue weighted by atomic mass is 32.1. The van der Waals surface area contributed by atoms with Crippen LogP contribution in [0.4, 0.5) is 5.13 Å². The van der Waals surface area contributed by atoms with Crippen LogP contribution >= 0.6 is 22.7 Å². The number of hydrogen-bond donors (Lipinski definition) is 1. The summed E-state index contributed by atoms with van der Waals surface area (Å²) < 4.78 is 0. The van der Waals surface area contributed by atoms with E-state index < -0.39 is 0 Å². The minimum absolute atomic E-state index is 0.225. The quantitative estimate of drug-likeness (QED) is 0.407. The molecule has 0 saturated heterocycles. The minimum Gasteiger partial charge on any atom is -0.296 e. The molecular weight excluding hydrogens is 400 g/mol. The molecule has 0 aliphatic rings. The largest absolute Gasteiger partial charge is 0.296 e. The monoisotopic (exact) mass is 414 g/mol. The highest BCUT2D eigenvalue weighted by molar-refractivity contribution is 7.18. The molecule has 3 heterocycles. The number of nitrogens with one attached hydrogen (secondary N) is 1. The Morgan fingerprint density at radius 3 is 2.55 bits per heavy atom. The fourth-order valence-electron chi connectivity index (χ4n) is 3.05. The summed E-state index contributed by atoms with van der Waals surface area (Å²) in [6.45, 7) is 0. The van der Waals surface area contributed by atoms with E-state index in [0.29, 0.717) is 10.7 Å². The number of thiophene rings is 1. The van der Waals surface area contributed by atoms with Crippen LogP contribution < -0.4 is 5.32 Å². The third-order valence-corrected chi connectivity index (χ3v) is 6.18. The third-order valence-electron chi connectivity index (χ3n) is 4.40. The van der Waals surface area contributed by atoms with Crippen molar-refractivity contribution < 1.29 is 4.79 Å². The van der Waals surface area contributed by atoms with Crippen molar-refractivity contribution >= 4 is 44.6 Å². The first-order chi connectivity index (χ1) is 14.3. The second-order valence-corrected chi connectivity index (χ2v) is 8.21. The maximum Gasteiger partial charge on any atom is 0.258 e. The number of anilines is 1. The van der Waals surface area contributed by atoms with Crippen LogP contribution in [0, 0.1) is 0 Å². The second kappa shape index (κ2) is 7.54. The zero-order chi connectivity index (χ0) is 19.6. The lowest BCUT2D eigenvalue weighted by molar-refractivity contribution is 0.102. The van der Waals surface area contributed by atoms with Gasteiger partial charge in [-0.25, -0.2) is 4.98 Å². The van der Waals surface area contributed by atoms with Gasteiger partial charge >= 0.3 is 0 Å². The number of amides is 1. The zero-order valence-corrected chi connectivity index (χ0v) is 16.7. The molecule has 0 unspecified atom stereocenters. The molecule has 140 valence electrons. The molecule has 0 spiro atoms. The van der Waals surface area contributed by atoms with Gasteiger partial charge in [-0.15, -0.1) is 21.5 Å². The first kappa shape index (κ1) is 17.7. The number of fused-ring (bicyclic) bond motifs is 1. The van der Waals surface area contributed by atoms with Gasteiger partial charge in [-0.05, 0) is 23.6 Å². The summed E-state index contributed by atoms with van der Waals surface area (Å²) in [7, 11) is 0. The van der Waals surface area contributed by atoms with E-state index in [1.54, 1.807) is 11.3 Å². The number of carbonyl (C=O) groups excluding carboxylic acids is 1. The van der Waals surface area contributed by atoms with Gasteiger partial charge < -0.3 is 0 Å². The molecule has 0 aliphatic carbocycles. The topological polar surface area (TPSA) is 67.8 Å². The number of nitrogens with zero attached hydrogens (tertiary/aromatic N) is 3. The van der Waals surface area contributed by atoms with Gasteiger partial charge in [-0.2, -0.15) is 0 Å². The SMILES string of the molecule is O=C(Nc1nnc(-c2ccccc2)s1)c1cc(-c2cccs2)nc2ccccc12. The van der Waals surface area contributed by atoms with E-state index in [2.05, 4.69) is 15.5 Å². The van der Waals surface area contributed by atoms with Gasteiger partial charge in [0.2, 0.25) is 5.13 Å². The Morgan fingerprint density at radius 1 is 0.897 bits per heavy atom. The summed E-state index contributed by atoms with van der Waals surface area (Å²) >= 11 is 2.94. The Hall–Kier alpha value is -3.42. The van der Waals surface area contributed by atoms with Crippen LogP contribution in [0.15, 0.2) is 78.2 Å². The number of rotatable bonds is 4. The first-order valence-corrected chi connectivity index (χ1v) is 10.6. The first-order valence-electron chi connectivity index (χ1n) is 8.92. The van der Waals surface area contributed by atoms with Crippen LogP contribution in [0.1, 0.15) is 10.4 Å². The number of hydrogen-bond acceptors (Lipinski definition) is 6. The molecule has 2 aromatic carbocycles. The Kier molecular flexibility index (Phi) is 4.59. The predicted molar refractivity (Wildman–Crippen MR) is 118 cm³/mol. The zero-order valence-electron chi connectivity index (χ0n) is 15.1. The van der Waals surface area contributed by atoms with E-state index in [1.807, 2.05) is 78.2 Å². The average molecular weight is 415 g/mol. The van der Waals surface area contributed by atoms with Crippen molar-refractivity contribution in [1.82, 2.24) is 15.2 Å².